The Morgan fingerprint density at radius 2 is 0.963 bits per heavy atom. The third-order valence-corrected chi connectivity index (χ3v) is 4.39. The Labute approximate surface area is 159 Å². The van der Waals surface area contributed by atoms with Crippen LogP contribution in [0.4, 0.5) is 17.1 Å². The zero-order chi connectivity index (χ0) is 19.4. The summed E-state index contributed by atoms with van der Waals surface area (Å²) in [5.74, 6) is 0.837. The number of ether oxygens (including phenoxy) is 1. The molecule has 0 amide bonds. The Hall–Kier alpha value is -3.40. The van der Waals surface area contributed by atoms with Crippen molar-refractivity contribution in [1.82, 2.24) is 0 Å². The zero-order valence-electron chi connectivity index (χ0n) is 15.6. The first-order valence-electron chi connectivity index (χ1n) is 8.66. The van der Waals surface area contributed by atoms with E-state index in [4.69, 9.17) is 4.74 Å². The van der Waals surface area contributed by atoms with Gasteiger partial charge in [0.25, 0.3) is 0 Å². The van der Waals surface area contributed by atoms with Gasteiger partial charge in [0, 0.05) is 28.2 Å². The fourth-order valence-corrected chi connectivity index (χ4v) is 2.87. The predicted octanol–water partition coefficient (Wildman–Crippen LogP) is 5.57. The summed E-state index contributed by atoms with van der Waals surface area (Å²) in [6.45, 7) is 3.10. The number of ketones is 2. The van der Waals surface area contributed by atoms with Crippen molar-refractivity contribution in [3.05, 3.63) is 83.9 Å². The van der Waals surface area contributed by atoms with Crippen LogP contribution in [-0.2, 0) is 0 Å². The lowest BCUT2D eigenvalue weighted by Gasteiger charge is -2.26. The van der Waals surface area contributed by atoms with Crippen molar-refractivity contribution in [2.45, 2.75) is 13.8 Å². The maximum atomic E-state index is 11.6. The number of nitrogens with zero attached hydrogens (tertiary/aromatic N) is 1. The van der Waals surface area contributed by atoms with Crippen LogP contribution in [0.15, 0.2) is 72.8 Å². The fourth-order valence-electron chi connectivity index (χ4n) is 2.87. The number of carbonyl (C=O) groups is 2. The fraction of sp³-hybridized carbons (Fsp3) is 0.130. The summed E-state index contributed by atoms with van der Waals surface area (Å²) in [4.78, 5) is 25.2. The van der Waals surface area contributed by atoms with Crippen LogP contribution in [0.25, 0.3) is 0 Å². The summed E-state index contributed by atoms with van der Waals surface area (Å²) in [5, 5.41) is 0. The molecule has 0 saturated carbocycles. The Kier molecular flexibility index (Phi) is 5.36. The first kappa shape index (κ1) is 18.4. The molecule has 4 nitrogen and oxygen atoms in total. The molecule has 3 aromatic rings. The molecule has 0 bridgehead atoms. The van der Waals surface area contributed by atoms with Crippen LogP contribution in [0, 0.1) is 0 Å². The van der Waals surface area contributed by atoms with E-state index < -0.39 is 0 Å². The average Bonchev–Trinajstić information content (AvgIpc) is 2.69. The standard InChI is InChI=1S/C23H21NO3/c1-16(25)18-4-8-20(9-5-18)24(22-12-14-23(27-3)15-13-22)21-10-6-19(7-11-21)17(2)26/h4-15H,1-3H3. The Bertz CT molecular complexity index is 885. The highest BCUT2D eigenvalue weighted by Crippen LogP contribution is 2.35. The highest BCUT2D eigenvalue weighted by Gasteiger charge is 2.13. The SMILES string of the molecule is COc1ccc(N(c2ccc(C(C)=O)cc2)c2ccc(C(C)=O)cc2)cc1. The molecule has 27 heavy (non-hydrogen) atoms. The highest BCUT2D eigenvalue weighted by atomic mass is 16.5. The molecule has 3 aromatic carbocycles. The summed E-state index contributed by atoms with van der Waals surface area (Å²) in [6.07, 6.45) is 0. The Morgan fingerprint density at radius 1 is 0.630 bits per heavy atom. The summed E-state index contributed by atoms with van der Waals surface area (Å²) < 4.78 is 5.25. The minimum absolute atomic E-state index is 0.0309. The second-order valence-corrected chi connectivity index (χ2v) is 6.24. The molecule has 0 radical (unpaired) electrons. The third-order valence-electron chi connectivity index (χ3n) is 4.39. The number of Topliss-reactive ketones (excluding diaryl/α,β-unsaturated/α-hetero) is 2. The van der Waals surface area contributed by atoms with E-state index in [9.17, 15) is 9.59 Å². The van der Waals surface area contributed by atoms with E-state index in [0.717, 1.165) is 22.8 Å². The molecular formula is C23H21NO3. The van der Waals surface area contributed by atoms with Crippen LogP contribution >= 0.6 is 0 Å². The summed E-state index contributed by atoms with van der Waals surface area (Å²) in [6, 6.07) is 22.7. The minimum atomic E-state index is 0.0309. The number of benzene rings is 3. The predicted molar refractivity (Wildman–Crippen MR) is 108 cm³/mol. The topological polar surface area (TPSA) is 46.6 Å². The zero-order valence-corrected chi connectivity index (χ0v) is 15.6. The van der Waals surface area contributed by atoms with E-state index in [2.05, 4.69) is 4.90 Å². The van der Waals surface area contributed by atoms with Gasteiger partial charge in [-0.2, -0.15) is 0 Å². The van der Waals surface area contributed by atoms with Crippen molar-refractivity contribution in [1.29, 1.82) is 0 Å². The third kappa shape index (κ3) is 4.06. The highest BCUT2D eigenvalue weighted by molar-refractivity contribution is 5.95. The molecule has 0 heterocycles. The second kappa shape index (κ2) is 7.87. The maximum absolute atomic E-state index is 11.6. The summed E-state index contributed by atoms with van der Waals surface area (Å²) >= 11 is 0. The number of carbonyl (C=O) groups excluding carboxylic acids is 2. The van der Waals surface area contributed by atoms with Gasteiger partial charge < -0.3 is 9.64 Å². The molecule has 0 atom stereocenters. The van der Waals surface area contributed by atoms with E-state index >= 15 is 0 Å². The molecule has 0 spiro atoms. The summed E-state index contributed by atoms with van der Waals surface area (Å²) in [7, 11) is 1.63. The van der Waals surface area contributed by atoms with E-state index in [0.29, 0.717) is 11.1 Å². The van der Waals surface area contributed by atoms with Crippen LogP contribution in [0.2, 0.25) is 0 Å². The molecule has 0 aliphatic heterocycles. The van der Waals surface area contributed by atoms with Crippen molar-refractivity contribution in [2.75, 3.05) is 12.0 Å². The van der Waals surface area contributed by atoms with Crippen molar-refractivity contribution in [3.63, 3.8) is 0 Å². The molecule has 0 fully saturated rings. The van der Waals surface area contributed by atoms with E-state index in [1.165, 1.54) is 0 Å². The summed E-state index contributed by atoms with van der Waals surface area (Å²) in [5.41, 5.74) is 4.11. The van der Waals surface area contributed by atoms with Crippen LogP contribution in [0.1, 0.15) is 34.6 Å². The normalized spacial score (nSPS) is 10.3. The molecule has 0 unspecified atom stereocenters. The van der Waals surface area contributed by atoms with Crippen molar-refractivity contribution < 1.29 is 14.3 Å². The van der Waals surface area contributed by atoms with Crippen molar-refractivity contribution in [3.8, 4) is 5.75 Å². The Balaban J connectivity index is 2.07. The van der Waals surface area contributed by atoms with Gasteiger partial charge in [-0.15, -0.1) is 0 Å². The second-order valence-electron chi connectivity index (χ2n) is 6.24. The molecule has 0 aliphatic rings. The van der Waals surface area contributed by atoms with E-state index in [1.54, 1.807) is 21.0 Å². The quantitative estimate of drug-likeness (QED) is 0.540. The first-order chi connectivity index (χ1) is 13.0. The largest absolute Gasteiger partial charge is 0.497 e. The molecule has 0 N–H and O–H groups in total. The van der Waals surface area contributed by atoms with Gasteiger partial charge in [0.05, 0.1) is 7.11 Å². The van der Waals surface area contributed by atoms with Crippen LogP contribution in [-0.4, -0.2) is 18.7 Å². The molecule has 3 rings (SSSR count). The molecular weight excluding hydrogens is 338 g/mol. The number of rotatable bonds is 6. The van der Waals surface area contributed by atoms with Gasteiger partial charge in [-0.05, 0) is 86.6 Å². The average molecular weight is 359 g/mol. The molecule has 136 valence electrons. The van der Waals surface area contributed by atoms with E-state index in [-0.39, 0.29) is 11.6 Å². The lowest BCUT2D eigenvalue weighted by atomic mass is 10.1. The maximum Gasteiger partial charge on any atom is 0.159 e. The lowest BCUT2D eigenvalue weighted by Crippen LogP contribution is -2.10. The smallest absolute Gasteiger partial charge is 0.159 e. The Morgan fingerprint density at radius 3 is 1.26 bits per heavy atom. The molecule has 0 aromatic heterocycles. The molecule has 0 saturated heterocycles. The van der Waals surface area contributed by atoms with Crippen molar-refractivity contribution >= 4 is 28.6 Å². The number of hydrogen-bond acceptors (Lipinski definition) is 4. The number of methoxy groups -OCH3 is 1. The number of hydrogen-bond donors (Lipinski definition) is 0. The van der Waals surface area contributed by atoms with Gasteiger partial charge in [-0.3, -0.25) is 9.59 Å². The van der Waals surface area contributed by atoms with Gasteiger partial charge >= 0.3 is 0 Å². The van der Waals surface area contributed by atoms with Crippen LogP contribution in [0.5, 0.6) is 5.75 Å². The molecule has 0 aliphatic carbocycles. The van der Waals surface area contributed by atoms with Crippen LogP contribution < -0.4 is 9.64 Å². The monoisotopic (exact) mass is 359 g/mol. The van der Waals surface area contributed by atoms with Gasteiger partial charge in [-0.25, -0.2) is 0 Å². The van der Waals surface area contributed by atoms with Gasteiger partial charge in [0.1, 0.15) is 5.75 Å². The van der Waals surface area contributed by atoms with Gasteiger partial charge in [0.15, 0.2) is 11.6 Å². The van der Waals surface area contributed by atoms with Gasteiger partial charge in [0.2, 0.25) is 0 Å². The lowest BCUT2D eigenvalue weighted by molar-refractivity contribution is 0.100. The van der Waals surface area contributed by atoms with E-state index in [1.807, 2.05) is 72.8 Å². The first-order valence-corrected chi connectivity index (χ1v) is 8.66. The van der Waals surface area contributed by atoms with Crippen LogP contribution in [0.3, 0.4) is 0 Å². The number of anilines is 3. The minimum Gasteiger partial charge on any atom is -0.497 e. The van der Waals surface area contributed by atoms with Crippen molar-refractivity contribution in [2.24, 2.45) is 0 Å². The molecule has 4 heteroatoms. The van der Waals surface area contributed by atoms with Gasteiger partial charge in [-0.1, -0.05) is 0 Å².